The molecule has 0 aliphatic carbocycles. The highest BCUT2D eigenvalue weighted by Gasteiger charge is 2.14. The number of rotatable bonds is 5. The number of nitrogens with zero attached hydrogens (tertiary/aromatic N) is 3. The average molecular weight is 393 g/mol. The number of hydrogen-bond donors (Lipinski definition) is 0. The Kier molecular flexibility index (Phi) is 5.06. The molecule has 7 heteroatoms. The van der Waals surface area contributed by atoms with Crippen molar-refractivity contribution in [2.75, 3.05) is 13.7 Å². The fourth-order valence-corrected chi connectivity index (χ4v) is 2.36. The van der Waals surface area contributed by atoms with Crippen LogP contribution in [0.1, 0.15) is 5.82 Å². The number of methoxy groups -OCH3 is 1. The van der Waals surface area contributed by atoms with E-state index in [0.717, 1.165) is 5.82 Å². The number of aromatic nitrogens is 3. The molecule has 102 valence electrons. The third-order valence-corrected chi connectivity index (χ3v) is 3.79. The highest BCUT2D eigenvalue weighted by molar-refractivity contribution is 9.10. The van der Waals surface area contributed by atoms with E-state index in [9.17, 15) is 4.39 Å². The summed E-state index contributed by atoms with van der Waals surface area (Å²) in [6, 6.07) is 4.90. The Morgan fingerprint density at radius 3 is 2.79 bits per heavy atom. The molecule has 0 unspecified atom stereocenters. The third kappa shape index (κ3) is 3.21. The predicted molar refractivity (Wildman–Crippen MR) is 77.6 cm³/mol. The van der Waals surface area contributed by atoms with E-state index < -0.39 is 0 Å². The highest BCUT2D eigenvalue weighted by atomic mass is 79.9. The van der Waals surface area contributed by atoms with E-state index in [1.165, 1.54) is 6.07 Å². The normalized spacial score (nSPS) is 10.9. The minimum Gasteiger partial charge on any atom is -0.383 e. The maximum Gasteiger partial charge on any atom is 0.164 e. The lowest BCUT2D eigenvalue weighted by Crippen LogP contribution is -2.09. The van der Waals surface area contributed by atoms with Crippen molar-refractivity contribution in [3.63, 3.8) is 0 Å². The van der Waals surface area contributed by atoms with Gasteiger partial charge >= 0.3 is 0 Å². The van der Waals surface area contributed by atoms with Gasteiger partial charge in [0.15, 0.2) is 5.82 Å². The quantitative estimate of drug-likeness (QED) is 0.732. The number of benzene rings is 1. The van der Waals surface area contributed by atoms with E-state index in [4.69, 9.17) is 4.74 Å². The van der Waals surface area contributed by atoms with Gasteiger partial charge in [0, 0.05) is 19.2 Å². The first-order valence-electron chi connectivity index (χ1n) is 5.59. The van der Waals surface area contributed by atoms with Crippen molar-refractivity contribution >= 4 is 31.9 Å². The third-order valence-electron chi connectivity index (χ3n) is 2.64. The van der Waals surface area contributed by atoms with E-state index in [-0.39, 0.29) is 5.82 Å². The molecule has 2 rings (SSSR count). The molecule has 1 aromatic carbocycles. The van der Waals surface area contributed by atoms with Gasteiger partial charge in [-0.05, 0) is 34.1 Å². The van der Waals surface area contributed by atoms with Gasteiger partial charge in [0.1, 0.15) is 11.6 Å². The highest BCUT2D eigenvalue weighted by Crippen LogP contribution is 2.24. The lowest BCUT2D eigenvalue weighted by atomic mass is 10.2. The van der Waals surface area contributed by atoms with Crippen molar-refractivity contribution in [3.8, 4) is 11.4 Å². The molecule has 0 aliphatic heterocycles. The fraction of sp³-hybridized carbons (Fsp3) is 0.333. The molecule has 0 saturated heterocycles. The summed E-state index contributed by atoms with van der Waals surface area (Å²) < 4.78 is 21.0. The van der Waals surface area contributed by atoms with Gasteiger partial charge in [-0.3, -0.25) is 0 Å². The lowest BCUT2D eigenvalue weighted by Gasteiger charge is -2.09. The molecule has 4 nitrogen and oxygen atoms in total. The second-order valence-corrected chi connectivity index (χ2v) is 5.26. The summed E-state index contributed by atoms with van der Waals surface area (Å²) in [6.07, 6.45) is 0. The zero-order valence-corrected chi connectivity index (χ0v) is 13.4. The SMILES string of the molecule is COCCn1c(CBr)nnc1-c1ccc(Br)c(F)c1. The summed E-state index contributed by atoms with van der Waals surface area (Å²) >= 11 is 6.50. The Morgan fingerprint density at radius 2 is 2.16 bits per heavy atom. The van der Waals surface area contributed by atoms with Gasteiger partial charge in [-0.15, -0.1) is 10.2 Å². The van der Waals surface area contributed by atoms with E-state index in [1.54, 1.807) is 19.2 Å². The minimum absolute atomic E-state index is 0.320. The monoisotopic (exact) mass is 391 g/mol. The van der Waals surface area contributed by atoms with Crippen LogP contribution < -0.4 is 0 Å². The van der Waals surface area contributed by atoms with Gasteiger partial charge in [0.05, 0.1) is 16.4 Å². The summed E-state index contributed by atoms with van der Waals surface area (Å²) in [5.41, 5.74) is 0.691. The predicted octanol–water partition coefficient (Wildman–Crippen LogP) is 3.39. The topological polar surface area (TPSA) is 39.9 Å². The Hall–Kier alpha value is -0.790. The Balaban J connectivity index is 2.42. The molecule has 0 atom stereocenters. The van der Waals surface area contributed by atoms with Crippen molar-refractivity contribution in [3.05, 3.63) is 34.3 Å². The van der Waals surface area contributed by atoms with Crippen LogP contribution in [0.4, 0.5) is 4.39 Å². The maximum absolute atomic E-state index is 13.6. The fourth-order valence-electron chi connectivity index (χ4n) is 1.70. The number of halogens is 3. The Labute approximate surface area is 127 Å². The zero-order valence-electron chi connectivity index (χ0n) is 10.2. The molecule has 0 radical (unpaired) electrons. The smallest absolute Gasteiger partial charge is 0.164 e. The molecule has 0 aliphatic rings. The van der Waals surface area contributed by atoms with Crippen molar-refractivity contribution in [2.24, 2.45) is 0 Å². The first-order valence-corrected chi connectivity index (χ1v) is 7.51. The molecular formula is C12H12Br2FN3O. The molecular weight excluding hydrogens is 381 g/mol. The summed E-state index contributed by atoms with van der Waals surface area (Å²) in [5, 5.41) is 8.80. The maximum atomic E-state index is 13.6. The summed E-state index contributed by atoms with van der Waals surface area (Å²) in [6.45, 7) is 1.17. The standard InChI is InChI=1S/C12H12Br2FN3O/c1-19-5-4-18-11(7-13)16-17-12(18)8-2-3-9(14)10(15)6-8/h2-3,6H,4-5,7H2,1H3. The van der Waals surface area contributed by atoms with E-state index in [2.05, 4.69) is 42.1 Å². The summed E-state index contributed by atoms with van der Waals surface area (Å²) in [7, 11) is 1.64. The van der Waals surface area contributed by atoms with Crippen LogP contribution >= 0.6 is 31.9 Å². The largest absolute Gasteiger partial charge is 0.383 e. The molecule has 0 saturated carbocycles. The lowest BCUT2D eigenvalue weighted by molar-refractivity contribution is 0.187. The van der Waals surface area contributed by atoms with Gasteiger partial charge in [0.25, 0.3) is 0 Å². The van der Waals surface area contributed by atoms with Gasteiger partial charge in [0.2, 0.25) is 0 Å². The van der Waals surface area contributed by atoms with Crippen LogP contribution in [0.25, 0.3) is 11.4 Å². The second kappa shape index (κ2) is 6.58. The van der Waals surface area contributed by atoms with Gasteiger partial charge in [-0.1, -0.05) is 15.9 Å². The van der Waals surface area contributed by atoms with E-state index in [1.807, 2.05) is 4.57 Å². The van der Waals surface area contributed by atoms with Crippen molar-refractivity contribution in [2.45, 2.75) is 11.9 Å². The summed E-state index contributed by atoms with van der Waals surface area (Å²) in [5.74, 6) is 1.10. The zero-order chi connectivity index (χ0) is 13.8. The number of ether oxygens (including phenoxy) is 1. The average Bonchev–Trinajstić information content (AvgIpc) is 2.82. The van der Waals surface area contributed by atoms with Crippen LogP contribution in [0.5, 0.6) is 0 Å². The van der Waals surface area contributed by atoms with Gasteiger partial charge in [-0.2, -0.15) is 0 Å². The number of hydrogen-bond acceptors (Lipinski definition) is 3. The molecule has 2 aromatic rings. The molecule has 1 heterocycles. The van der Waals surface area contributed by atoms with Crippen LogP contribution in [0, 0.1) is 5.82 Å². The van der Waals surface area contributed by atoms with Crippen molar-refractivity contribution in [1.29, 1.82) is 0 Å². The van der Waals surface area contributed by atoms with Crippen molar-refractivity contribution in [1.82, 2.24) is 14.8 Å². The molecule has 0 N–H and O–H groups in total. The van der Waals surface area contributed by atoms with Crippen LogP contribution in [-0.4, -0.2) is 28.5 Å². The molecule has 0 fully saturated rings. The van der Waals surface area contributed by atoms with Crippen LogP contribution in [0.15, 0.2) is 22.7 Å². The first-order chi connectivity index (χ1) is 9.17. The molecule has 0 spiro atoms. The van der Waals surface area contributed by atoms with Crippen LogP contribution in [-0.2, 0) is 16.6 Å². The number of alkyl halides is 1. The minimum atomic E-state index is -0.320. The first kappa shape index (κ1) is 14.6. The van der Waals surface area contributed by atoms with Gasteiger partial charge in [-0.25, -0.2) is 4.39 Å². The molecule has 1 aromatic heterocycles. The summed E-state index contributed by atoms with van der Waals surface area (Å²) in [4.78, 5) is 0. The van der Waals surface area contributed by atoms with E-state index >= 15 is 0 Å². The Morgan fingerprint density at radius 1 is 1.37 bits per heavy atom. The second-order valence-electron chi connectivity index (χ2n) is 3.85. The van der Waals surface area contributed by atoms with Crippen molar-refractivity contribution < 1.29 is 9.13 Å². The van der Waals surface area contributed by atoms with E-state index in [0.29, 0.717) is 34.3 Å². The van der Waals surface area contributed by atoms with Crippen LogP contribution in [0.2, 0.25) is 0 Å². The molecule has 19 heavy (non-hydrogen) atoms. The van der Waals surface area contributed by atoms with Gasteiger partial charge < -0.3 is 9.30 Å². The molecule has 0 bridgehead atoms. The van der Waals surface area contributed by atoms with Crippen LogP contribution in [0.3, 0.4) is 0 Å². The Bertz CT molecular complexity index is 574. The molecule has 0 amide bonds.